The number of nitrogens with one attached hydrogen (secondary N) is 2. The molecule has 0 radical (unpaired) electrons. The zero-order valence-corrected chi connectivity index (χ0v) is 12.2. The van der Waals surface area contributed by atoms with Crippen LogP contribution in [0.15, 0.2) is 30.3 Å². The van der Waals surface area contributed by atoms with Gasteiger partial charge in [-0.2, -0.15) is 0 Å². The molecule has 0 spiro atoms. The average Bonchev–Trinajstić information content (AvgIpc) is 2.44. The van der Waals surface area contributed by atoms with E-state index in [0.717, 1.165) is 0 Å². The second kappa shape index (κ2) is 7.42. The number of carboxylic acids is 1. The van der Waals surface area contributed by atoms with Gasteiger partial charge in [0.25, 0.3) is 0 Å². The summed E-state index contributed by atoms with van der Waals surface area (Å²) in [6.45, 7) is 3.50. The van der Waals surface area contributed by atoms with Crippen molar-refractivity contribution in [1.82, 2.24) is 10.6 Å². The summed E-state index contributed by atoms with van der Waals surface area (Å²) in [7, 11) is 0. The molecular weight excluding hydrogens is 272 g/mol. The fourth-order valence-electron chi connectivity index (χ4n) is 1.93. The zero-order chi connectivity index (χ0) is 15.9. The third-order valence-electron chi connectivity index (χ3n) is 3.22. The Morgan fingerprint density at radius 1 is 1.10 bits per heavy atom. The summed E-state index contributed by atoms with van der Waals surface area (Å²) in [5.41, 5.74) is -0.700. The standard InChI is InChI=1S/C15H20N2O4/c1-11(18)16-8-9-17-13(19)10-15(2,14(20)21)12-6-4-3-5-7-12/h3-7H,8-10H2,1-2H3,(H,16,18)(H,17,19)(H,20,21). The van der Waals surface area contributed by atoms with Gasteiger partial charge in [0.2, 0.25) is 11.8 Å². The number of carbonyl (C=O) groups excluding carboxylic acids is 2. The molecule has 0 aliphatic carbocycles. The molecule has 0 aromatic heterocycles. The molecule has 1 rings (SSSR count). The van der Waals surface area contributed by atoms with Crippen LogP contribution in [-0.2, 0) is 19.8 Å². The molecule has 1 atom stereocenters. The van der Waals surface area contributed by atoms with Gasteiger partial charge in [0.15, 0.2) is 0 Å². The van der Waals surface area contributed by atoms with E-state index in [9.17, 15) is 19.5 Å². The van der Waals surface area contributed by atoms with Gasteiger partial charge in [-0.1, -0.05) is 30.3 Å². The monoisotopic (exact) mass is 292 g/mol. The summed E-state index contributed by atoms with van der Waals surface area (Å²) < 4.78 is 0. The van der Waals surface area contributed by atoms with Crippen LogP contribution < -0.4 is 10.6 Å². The summed E-state index contributed by atoms with van der Waals surface area (Å²) in [6, 6.07) is 8.66. The fraction of sp³-hybridized carbons (Fsp3) is 0.400. The Bertz CT molecular complexity index is 516. The Morgan fingerprint density at radius 2 is 1.67 bits per heavy atom. The van der Waals surface area contributed by atoms with E-state index in [1.54, 1.807) is 30.3 Å². The first-order valence-electron chi connectivity index (χ1n) is 6.66. The molecule has 1 aromatic rings. The maximum absolute atomic E-state index is 11.9. The van der Waals surface area contributed by atoms with Gasteiger partial charge < -0.3 is 15.7 Å². The Labute approximate surface area is 123 Å². The van der Waals surface area contributed by atoms with Crippen LogP contribution in [-0.4, -0.2) is 36.0 Å². The van der Waals surface area contributed by atoms with Gasteiger partial charge in [-0.15, -0.1) is 0 Å². The molecule has 21 heavy (non-hydrogen) atoms. The molecule has 1 aromatic carbocycles. The van der Waals surface area contributed by atoms with Crippen LogP contribution in [0, 0.1) is 0 Å². The highest BCUT2D eigenvalue weighted by Gasteiger charge is 2.37. The van der Waals surface area contributed by atoms with Gasteiger partial charge in [0.1, 0.15) is 0 Å². The van der Waals surface area contributed by atoms with E-state index in [1.165, 1.54) is 13.8 Å². The number of rotatable bonds is 7. The Kier molecular flexibility index (Phi) is 5.90. The maximum Gasteiger partial charge on any atom is 0.314 e. The van der Waals surface area contributed by atoms with E-state index in [4.69, 9.17) is 0 Å². The van der Waals surface area contributed by atoms with E-state index >= 15 is 0 Å². The molecule has 3 N–H and O–H groups in total. The molecule has 6 nitrogen and oxygen atoms in total. The van der Waals surface area contributed by atoms with Gasteiger partial charge >= 0.3 is 5.97 Å². The van der Waals surface area contributed by atoms with E-state index in [-0.39, 0.29) is 24.8 Å². The molecule has 114 valence electrons. The Morgan fingerprint density at radius 3 is 2.19 bits per heavy atom. The first-order valence-corrected chi connectivity index (χ1v) is 6.66. The summed E-state index contributed by atoms with van der Waals surface area (Å²) >= 11 is 0. The molecule has 0 saturated heterocycles. The number of hydrogen-bond acceptors (Lipinski definition) is 3. The van der Waals surface area contributed by atoms with Crippen molar-refractivity contribution in [2.24, 2.45) is 0 Å². The van der Waals surface area contributed by atoms with E-state index in [0.29, 0.717) is 12.1 Å². The van der Waals surface area contributed by atoms with Crippen LogP contribution in [0.1, 0.15) is 25.8 Å². The average molecular weight is 292 g/mol. The van der Waals surface area contributed by atoms with Gasteiger partial charge in [0.05, 0.1) is 5.41 Å². The highest BCUT2D eigenvalue weighted by atomic mass is 16.4. The molecular formula is C15H20N2O4. The molecule has 1 unspecified atom stereocenters. The lowest BCUT2D eigenvalue weighted by Gasteiger charge is -2.24. The summed E-state index contributed by atoms with van der Waals surface area (Å²) in [4.78, 5) is 34.1. The lowest BCUT2D eigenvalue weighted by atomic mass is 9.79. The number of hydrogen-bond donors (Lipinski definition) is 3. The predicted octanol–water partition coefficient (Wildman–Crippen LogP) is 0.671. The molecule has 0 bridgehead atoms. The van der Waals surface area contributed by atoms with Gasteiger partial charge in [-0.05, 0) is 12.5 Å². The number of carbonyl (C=O) groups is 3. The molecule has 0 aliphatic rings. The summed E-state index contributed by atoms with van der Waals surface area (Å²) in [5, 5.41) is 14.6. The van der Waals surface area contributed by atoms with Gasteiger partial charge in [-0.25, -0.2) is 0 Å². The second-order valence-electron chi connectivity index (χ2n) is 5.01. The summed E-state index contributed by atoms with van der Waals surface area (Å²) in [6.07, 6.45) is -0.160. The molecule has 0 fully saturated rings. The van der Waals surface area contributed by atoms with Crippen molar-refractivity contribution in [2.45, 2.75) is 25.7 Å². The Hall–Kier alpha value is -2.37. The van der Waals surface area contributed by atoms with Crippen molar-refractivity contribution < 1.29 is 19.5 Å². The lowest BCUT2D eigenvalue weighted by Crippen LogP contribution is -2.40. The molecule has 0 aliphatic heterocycles. The largest absolute Gasteiger partial charge is 0.481 e. The third-order valence-corrected chi connectivity index (χ3v) is 3.22. The third kappa shape index (κ3) is 4.91. The molecule has 0 heterocycles. The first-order chi connectivity index (χ1) is 9.86. The maximum atomic E-state index is 11.9. The van der Waals surface area contributed by atoms with Crippen LogP contribution in [0.4, 0.5) is 0 Å². The smallest absolute Gasteiger partial charge is 0.314 e. The normalized spacial score (nSPS) is 13.0. The number of aliphatic carboxylic acids is 1. The first kappa shape index (κ1) is 16.7. The van der Waals surface area contributed by atoms with E-state index in [1.807, 2.05) is 0 Å². The minimum Gasteiger partial charge on any atom is -0.481 e. The summed E-state index contributed by atoms with van der Waals surface area (Å²) in [5.74, 6) is -1.59. The van der Waals surface area contributed by atoms with E-state index in [2.05, 4.69) is 10.6 Å². The van der Waals surface area contributed by atoms with Crippen molar-refractivity contribution in [1.29, 1.82) is 0 Å². The van der Waals surface area contributed by atoms with Gasteiger partial charge in [-0.3, -0.25) is 14.4 Å². The van der Waals surface area contributed by atoms with Crippen molar-refractivity contribution in [2.75, 3.05) is 13.1 Å². The number of benzene rings is 1. The molecule has 6 heteroatoms. The van der Waals surface area contributed by atoms with Crippen molar-refractivity contribution in [3.63, 3.8) is 0 Å². The van der Waals surface area contributed by atoms with Crippen molar-refractivity contribution >= 4 is 17.8 Å². The topological polar surface area (TPSA) is 95.5 Å². The fourth-order valence-corrected chi connectivity index (χ4v) is 1.93. The van der Waals surface area contributed by atoms with Crippen LogP contribution in [0.2, 0.25) is 0 Å². The quantitative estimate of drug-likeness (QED) is 0.644. The van der Waals surface area contributed by atoms with Crippen LogP contribution in [0.3, 0.4) is 0 Å². The van der Waals surface area contributed by atoms with Crippen molar-refractivity contribution in [3.05, 3.63) is 35.9 Å². The predicted molar refractivity (Wildman–Crippen MR) is 77.7 cm³/mol. The van der Waals surface area contributed by atoms with Crippen LogP contribution in [0.25, 0.3) is 0 Å². The number of carboxylic acid groups (broad SMARTS) is 1. The highest BCUT2D eigenvalue weighted by molar-refractivity contribution is 5.89. The van der Waals surface area contributed by atoms with Crippen molar-refractivity contribution in [3.8, 4) is 0 Å². The van der Waals surface area contributed by atoms with Crippen LogP contribution in [0.5, 0.6) is 0 Å². The zero-order valence-electron chi connectivity index (χ0n) is 12.2. The van der Waals surface area contributed by atoms with Crippen LogP contribution >= 0.6 is 0 Å². The number of amides is 2. The highest BCUT2D eigenvalue weighted by Crippen LogP contribution is 2.27. The Balaban J connectivity index is 2.65. The second-order valence-corrected chi connectivity index (χ2v) is 5.01. The molecule has 0 saturated carbocycles. The minimum atomic E-state index is -1.28. The minimum absolute atomic E-state index is 0.160. The molecule has 2 amide bonds. The lowest BCUT2D eigenvalue weighted by molar-refractivity contribution is -0.145. The van der Waals surface area contributed by atoms with E-state index < -0.39 is 11.4 Å². The SMILES string of the molecule is CC(=O)NCCNC(=O)CC(C)(C(=O)O)c1ccccc1. The van der Waals surface area contributed by atoms with Gasteiger partial charge in [0, 0.05) is 26.4 Å².